The maximum atomic E-state index is 13.8. The Bertz CT molecular complexity index is 766. The van der Waals surface area contributed by atoms with Gasteiger partial charge in [-0.3, -0.25) is 14.6 Å². The molecule has 0 N–H and O–H groups in total. The molecular weight excluding hydrogens is 364 g/mol. The molecule has 1 unspecified atom stereocenters. The Morgan fingerprint density at radius 3 is 2.48 bits per heavy atom. The summed E-state index contributed by atoms with van der Waals surface area (Å²) >= 11 is 0. The molecule has 156 valence electrons. The Kier molecular flexibility index (Phi) is 5.99. The molecule has 0 aromatic carbocycles. The fraction of sp³-hybridized carbons (Fsp3) is 0.609. The lowest BCUT2D eigenvalue weighted by atomic mass is 9.82. The number of piperidine rings is 3. The lowest BCUT2D eigenvalue weighted by Gasteiger charge is -2.49. The lowest BCUT2D eigenvalue weighted by Crippen LogP contribution is -2.61. The van der Waals surface area contributed by atoms with Crippen molar-refractivity contribution in [3.05, 3.63) is 36.2 Å². The van der Waals surface area contributed by atoms with Gasteiger partial charge in [0.15, 0.2) is 5.78 Å². The van der Waals surface area contributed by atoms with Gasteiger partial charge in [-0.05, 0) is 76.7 Å². The third-order valence-electron chi connectivity index (χ3n) is 6.61. The van der Waals surface area contributed by atoms with Crippen LogP contribution in [0.15, 0.2) is 36.2 Å². The summed E-state index contributed by atoms with van der Waals surface area (Å²) < 4.78 is 0. The molecule has 1 aromatic rings. The van der Waals surface area contributed by atoms with Gasteiger partial charge in [-0.15, -0.1) is 0 Å². The molecule has 6 nitrogen and oxygen atoms in total. The fourth-order valence-electron chi connectivity index (χ4n) is 5.24. The lowest BCUT2D eigenvalue weighted by molar-refractivity contribution is -0.142. The Balaban J connectivity index is 1.58. The topological polar surface area (TPSA) is 56.8 Å². The van der Waals surface area contributed by atoms with Gasteiger partial charge in [-0.1, -0.05) is 5.57 Å². The Hall–Kier alpha value is -2.21. The minimum Gasteiger partial charge on any atom is -0.359 e. The summed E-state index contributed by atoms with van der Waals surface area (Å²) in [5, 5.41) is 0. The van der Waals surface area contributed by atoms with Crippen LogP contribution in [-0.2, 0) is 9.59 Å². The second-order valence-electron chi connectivity index (χ2n) is 8.92. The van der Waals surface area contributed by atoms with Gasteiger partial charge in [0.25, 0.3) is 0 Å². The molecule has 29 heavy (non-hydrogen) atoms. The Morgan fingerprint density at radius 2 is 1.86 bits per heavy atom. The van der Waals surface area contributed by atoms with Crippen molar-refractivity contribution >= 4 is 17.4 Å². The largest absolute Gasteiger partial charge is 0.359 e. The molecule has 2 bridgehead atoms. The van der Waals surface area contributed by atoms with Gasteiger partial charge in [0, 0.05) is 37.2 Å². The third kappa shape index (κ3) is 4.37. The molecule has 0 radical (unpaired) electrons. The second kappa shape index (κ2) is 8.66. The number of amides is 1. The molecule has 0 saturated carbocycles. The average molecular weight is 397 g/mol. The van der Waals surface area contributed by atoms with Crippen LogP contribution >= 0.6 is 0 Å². The summed E-state index contributed by atoms with van der Waals surface area (Å²) in [5.41, 5.74) is 2.02. The van der Waals surface area contributed by atoms with E-state index in [1.165, 1.54) is 0 Å². The average Bonchev–Trinajstić information content (AvgIpc) is 3.22. The van der Waals surface area contributed by atoms with Crippen molar-refractivity contribution in [2.75, 3.05) is 37.6 Å². The van der Waals surface area contributed by atoms with Crippen molar-refractivity contribution in [2.45, 2.75) is 51.6 Å². The molecular formula is C23H32N4O2. The fourth-order valence-corrected chi connectivity index (χ4v) is 5.24. The third-order valence-corrected chi connectivity index (χ3v) is 6.61. The number of pyridine rings is 1. The molecule has 6 heteroatoms. The summed E-state index contributed by atoms with van der Waals surface area (Å²) in [5.74, 6) is 0.663. The van der Waals surface area contributed by atoms with Crippen molar-refractivity contribution in [1.82, 2.24) is 14.8 Å². The normalized spacial score (nSPS) is 28.3. The van der Waals surface area contributed by atoms with E-state index in [1.54, 1.807) is 18.5 Å². The first-order valence-electron chi connectivity index (χ1n) is 10.9. The summed E-state index contributed by atoms with van der Waals surface area (Å²) in [4.78, 5) is 37.2. The predicted molar refractivity (Wildman–Crippen MR) is 114 cm³/mol. The standard InChI is InChI=1S/C23H32N4O2/c1-17(2)14-20(28)15-27(22-16-25-12-7-18(22)8-13-25)23(29)21-4-3-11-26(21)19-5-9-24-10-6-19/h5-6,9-10,14,18,21-22H,3-4,7-8,11-13,15-16H2,1-2H3/t21?,22-/m1/s1. The van der Waals surface area contributed by atoms with Gasteiger partial charge >= 0.3 is 0 Å². The van der Waals surface area contributed by atoms with Gasteiger partial charge in [0.05, 0.1) is 6.54 Å². The number of carbonyl (C=O) groups excluding carboxylic acids is 2. The van der Waals surface area contributed by atoms with Gasteiger partial charge in [0.2, 0.25) is 5.91 Å². The van der Waals surface area contributed by atoms with Crippen LogP contribution in [0.25, 0.3) is 0 Å². The SMILES string of the molecule is CC(C)=CC(=O)CN(C(=O)C1CCCN1c1ccncc1)[C@@H]1CN2CCC1CC2. The van der Waals surface area contributed by atoms with Gasteiger partial charge in [-0.25, -0.2) is 0 Å². The van der Waals surface area contributed by atoms with Crippen molar-refractivity contribution in [3.63, 3.8) is 0 Å². The van der Waals surface area contributed by atoms with Crippen molar-refractivity contribution < 1.29 is 9.59 Å². The first kappa shape index (κ1) is 20.1. The number of hydrogen-bond donors (Lipinski definition) is 0. The summed E-state index contributed by atoms with van der Waals surface area (Å²) in [6.07, 6.45) is 9.33. The highest BCUT2D eigenvalue weighted by Gasteiger charge is 2.43. The van der Waals surface area contributed by atoms with E-state index in [9.17, 15) is 9.59 Å². The summed E-state index contributed by atoms with van der Waals surface area (Å²) in [6, 6.07) is 3.91. The number of carbonyl (C=O) groups is 2. The van der Waals surface area contributed by atoms with E-state index >= 15 is 0 Å². The van der Waals surface area contributed by atoms with Crippen LogP contribution in [0.1, 0.15) is 39.5 Å². The van der Waals surface area contributed by atoms with Gasteiger partial charge in [0.1, 0.15) is 6.04 Å². The van der Waals surface area contributed by atoms with Crippen molar-refractivity contribution in [2.24, 2.45) is 5.92 Å². The maximum absolute atomic E-state index is 13.8. The molecule has 4 fully saturated rings. The molecule has 1 amide bonds. The number of nitrogens with zero attached hydrogens (tertiary/aromatic N) is 4. The summed E-state index contributed by atoms with van der Waals surface area (Å²) in [6.45, 7) is 8.08. The number of rotatable bonds is 6. The highest BCUT2D eigenvalue weighted by Crippen LogP contribution is 2.33. The van der Waals surface area contributed by atoms with Gasteiger partial charge in [-0.2, -0.15) is 0 Å². The quantitative estimate of drug-likeness (QED) is 0.692. The predicted octanol–water partition coefficient (Wildman–Crippen LogP) is 2.51. The number of fused-ring (bicyclic) bond motifs is 3. The number of hydrogen-bond acceptors (Lipinski definition) is 5. The maximum Gasteiger partial charge on any atom is 0.245 e. The zero-order chi connectivity index (χ0) is 20.4. The highest BCUT2D eigenvalue weighted by molar-refractivity contribution is 5.96. The van der Waals surface area contributed by atoms with Crippen LogP contribution in [0, 0.1) is 5.92 Å². The van der Waals surface area contributed by atoms with E-state index in [-0.39, 0.29) is 30.3 Å². The minimum absolute atomic E-state index is 0.0308. The van der Waals surface area contributed by atoms with Crippen molar-refractivity contribution in [3.8, 4) is 0 Å². The molecule has 1 aromatic heterocycles. The number of aromatic nitrogens is 1. The zero-order valence-electron chi connectivity index (χ0n) is 17.6. The number of anilines is 1. The van der Waals surface area contributed by atoms with E-state index in [0.717, 1.165) is 63.1 Å². The molecule has 5 rings (SSSR count). The molecule has 4 aliphatic rings. The molecule has 2 atom stereocenters. The monoisotopic (exact) mass is 396 g/mol. The molecule has 4 aliphatic heterocycles. The van der Waals surface area contributed by atoms with Crippen LogP contribution in [0.4, 0.5) is 5.69 Å². The highest BCUT2D eigenvalue weighted by atomic mass is 16.2. The first-order valence-corrected chi connectivity index (χ1v) is 10.9. The van der Waals surface area contributed by atoms with E-state index < -0.39 is 0 Å². The smallest absolute Gasteiger partial charge is 0.245 e. The van der Waals surface area contributed by atoms with Gasteiger partial charge < -0.3 is 14.7 Å². The van der Waals surface area contributed by atoms with E-state index in [1.807, 2.05) is 30.9 Å². The zero-order valence-corrected chi connectivity index (χ0v) is 17.6. The van der Waals surface area contributed by atoms with Crippen molar-refractivity contribution in [1.29, 1.82) is 0 Å². The molecule has 0 spiro atoms. The second-order valence-corrected chi connectivity index (χ2v) is 8.92. The minimum atomic E-state index is -0.188. The van der Waals surface area contributed by atoms with Crippen LogP contribution in [0.3, 0.4) is 0 Å². The van der Waals surface area contributed by atoms with Crippen LogP contribution in [-0.4, -0.2) is 71.3 Å². The van der Waals surface area contributed by atoms with E-state index in [0.29, 0.717) is 5.92 Å². The molecule has 5 heterocycles. The Labute approximate surface area is 173 Å². The molecule has 4 saturated heterocycles. The summed E-state index contributed by atoms with van der Waals surface area (Å²) in [7, 11) is 0. The van der Waals surface area contributed by atoms with E-state index in [2.05, 4.69) is 14.8 Å². The first-order chi connectivity index (χ1) is 14.0. The van der Waals surface area contributed by atoms with Crippen LogP contribution in [0.5, 0.6) is 0 Å². The van der Waals surface area contributed by atoms with Crippen LogP contribution < -0.4 is 4.90 Å². The number of allylic oxidation sites excluding steroid dienone is 1. The van der Waals surface area contributed by atoms with E-state index in [4.69, 9.17) is 0 Å². The number of ketones is 1. The molecule has 0 aliphatic carbocycles. The van der Waals surface area contributed by atoms with Crippen LogP contribution in [0.2, 0.25) is 0 Å². The Morgan fingerprint density at radius 1 is 1.14 bits per heavy atom.